The van der Waals surface area contributed by atoms with Crippen molar-refractivity contribution in [2.24, 2.45) is 0 Å². The number of carbonyl (C=O) groups is 2. The minimum absolute atomic E-state index is 0.0962. The van der Waals surface area contributed by atoms with E-state index in [2.05, 4.69) is 10.6 Å². The van der Waals surface area contributed by atoms with Crippen LogP contribution in [0.3, 0.4) is 0 Å². The summed E-state index contributed by atoms with van der Waals surface area (Å²) in [7, 11) is 0. The average Bonchev–Trinajstić information content (AvgIpc) is 2.84. The molecule has 1 aliphatic rings. The van der Waals surface area contributed by atoms with Gasteiger partial charge in [0.25, 0.3) is 0 Å². The number of amides is 2. The number of ether oxygens (including phenoxy) is 1. The molecule has 2 heterocycles. The lowest BCUT2D eigenvalue weighted by atomic mass is 9.93. The molecular weight excluding hydrogens is 560 g/mol. The number of halogens is 3. The summed E-state index contributed by atoms with van der Waals surface area (Å²) in [6.07, 6.45) is 0.967. The number of carbonyl (C=O) groups excluding carboxylic acids is 2. The highest BCUT2D eigenvalue weighted by molar-refractivity contribution is 6.35. The minimum atomic E-state index is -0.670. The maximum Gasteiger partial charge on any atom is 0.407 e. The van der Waals surface area contributed by atoms with Crippen LogP contribution in [0, 0.1) is 5.82 Å². The molecule has 40 heavy (non-hydrogen) atoms. The Morgan fingerprint density at radius 3 is 2.65 bits per heavy atom. The molecule has 2 N–H and O–H groups in total. The average molecular weight is 592 g/mol. The molecule has 0 saturated carbocycles. The lowest BCUT2D eigenvalue weighted by molar-refractivity contribution is -0.131. The van der Waals surface area contributed by atoms with Gasteiger partial charge in [0, 0.05) is 29.6 Å². The van der Waals surface area contributed by atoms with Gasteiger partial charge in [-0.3, -0.25) is 4.79 Å². The number of nitrogens with zero attached hydrogens (tertiary/aromatic N) is 1. The molecule has 0 spiro atoms. The SMILES string of the molecule is CC1c2c(Cl)cc(Cl)cc2CCN1C(=O)CNc1cc2cc(CCCNC(=O)OC(C)(C)C)oc(=O)c2cc1F. The van der Waals surface area contributed by atoms with Crippen molar-refractivity contribution in [1.29, 1.82) is 0 Å². The van der Waals surface area contributed by atoms with Gasteiger partial charge in [0.1, 0.15) is 17.2 Å². The molecule has 214 valence electrons. The summed E-state index contributed by atoms with van der Waals surface area (Å²) < 4.78 is 25.4. The fourth-order valence-electron chi connectivity index (χ4n) is 4.81. The Balaban J connectivity index is 1.41. The fraction of sp³-hybridized carbons (Fsp3) is 0.414. The first-order valence-electron chi connectivity index (χ1n) is 13.1. The van der Waals surface area contributed by atoms with E-state index in [0.717, 1.165) is 17.2 Å². The van der Waals surface area contributed by atoms with Crippen LogP contribution in [0.1, 0.15) is 57.0 Å². The minimum Gasteiger partial charge on any atom is -0.444 e. The van der Waals surface area contributed by atoms with E-state index < -0.39 is 23.1 Å². The third-order valence-corrected chi connectivity index (χ3v) is 7.14. The van der Waals surface area contributed by atoms with E-state index in [1.54, 1.807) is 37.8 Å². The standard InChI is InChI=1S/C29H32Cl2FN3O5/c1-16-26-17(10-19(30)13-22(26)31)7-9-35(16)25(36)15-34-24-12-18-11-20(39-27(37)21(18)14-23(24)32)6-5-8-33-28(38)40-29(2,3)4/h10-14,16,34H,5-9,15H2,1-4H3,(H,33,38). The van der Waals surface area contributed by atoms with Gasteiger partial charge in [-0.2, -0.15) is 0 Å². The largest absolute Gasteiger partial charge is 0.444 e. The number of hydrogen-bond acceptors (Lipinski definition) is 6. The van der Waals surface area contributed by atoms with Crippen molar-refractivity contribution in [1.82, 2.24) is 10.2 Å². The summed E-state index contributed by atoms with van der Waals surface area (Å²) in [5.74, 6) is -0.485. The topological polar surface area (TPSA) is 101 Å². The van der Waals surface area contributed by atoms with Crippen LogP contribution < -0.4 is 16.3 Å². The quantitative estimate of drug-likeness (QED) is 0.315. The normalized spacial score (nSPS) is 15.1. The van der Waals surface area contributed by atoms with E-state index >= 15 is 0 Å². The van der Waals surface area contributed by atoms with Gasteiger partial charge in [-0.25, -0.2) is 14.0 Å². The number of nitrogens with one attached hydrogen (secondary N) is 2. The van der Waals surface area contributed by atoms with Gasteiger partial charge in [0.2, 0.25) is 5.91 Å². The van der Waals surface area contributed by atoms with Crippen LogP contribution in [-0.2, 0) is 22.4 Å². The molecule has 11 heteroatoms. The number of benzene rings is 2. The number of hydrogen-bond donors (Lipinski definition) is 2. The summed E-state index contributed by atoms with van der Waals surface area (Å²) >= 11 is 12.5. The molecule has 2 amide bonds. The molecule has 1 aliphatic heterocycles. The highest BCUT2D eigenvalue weighted by Crippen LogP contribution is 2.37. The van der Waals surface area contributed by atoms with Gasteiger partial charge in [0.05, 0.1) is 23.7 Å². The van der Waals surface area contributed by atoms with Crippen molar-refractivity contribution < 1.29 is 23.1 Å². The van der Waals surface area contributed by atoms with Gasteiger partial charge >= 0.3 is 11.7 Å². The zero-order chi connectivity index (χ0) is 29.2. The third kappa shape index (κ3) is 7.06. The Bertz CT molecular complexity index is 1500. The highest BCUT2D eigenvalue weighted by atomic mass is 35.5. The van der Waals surface area contributed by atoms with Gasteiger partial charge in [-0.1, -0.05) is 23.2 Å². The molecule has 1 aromatic heterocycles. The molecule has 0 saturated heterocycles. The van der Waals surface area contributed by atoms with Crippen LogP contribution in [-0.4, -0.2) is 42.1 Å². The molecule has 1 unspecified atom stereocenters. The van der Waals surface area contributed by atoms with E-state index in [1.165, 1.54) is 6.07 Å². The molecule has 0 radical (unpaired) electrons. The maximum atomic E-state index is 14.8. The highest BCUT2D eigenvalue weighted by Gasteiger charge is 2.29. The van der Waals surface area contributed by atoms with Crippen LogP contribution in [0.5, 0.6) is 0 Å². The number of rotatable bonds is 7. The zero-order valence-electron chi connectivity index (χ0n) is 22.8. The summed E-state index contributed by atoms with van der Waals surface area (Å²) in [4.78, 5) is 39.1. The van der Waals surface area contributed by atoms with Gasteiger partial charge in [0.15, 0.2) is 0 Å². The molecule has 1 atom stereocenters. The third-order valence-electron chi connectivity index (χ3n) is 6.61. The number of fused-ring (bicyclic) bond motifs is 2. The second-order valence-corrected chi connectivity index (χ2v) is 11.6. The van der Waals surface area contributed by atoms with Crippen molar-refractivity contribution in [2.75, 3.05) is 25.0 Å². The molecule has 3 aromatic rings. The van der Waals surface area contributed by atoms with Crippen LogP contribution in [0.25, 0.3) is 10.8 Å². The molecule has 4 rings (SSSR count). The zero-order valence-corrected chi connectivity index (χ0v) is 24.3. The molecule has 0 fully saturated rings. The Kier molecular flexibility index (Phi) is 8.95. The van der Waals surface area contributed by atoms with Crippen molar-refractivity contribution in [3.8, 4) is 0 Å². The molecule has 0 bridgehead atoms. The van der Waals surface area contributed by atoms with E-state index in [0.29, 0.717) is 53.5 Å². The van der Waals surface area contributed by atoms with Gasteiger partial charge in [-0.15, -0.1) is 0 Å². The lowest BCUT2D eigenvalue weighted by Crippen LogP contribution is -2.42. The fourth-order valence-corrected chi connectivity index (χ4v) is 5.50. The first-order valence-corrected chi connectivity index (χ1v) is 13.8. The van der Waals surface area contributed by atoms with E-state index in [1.807, 2.05) is 13.0 Å². The van der Waals surface area contributed by atoms with Crippen LogP contribution in [0.4, 0.5) is 14.9 Å². The van der Waals surface area contributed by atoms with Crippen LogP contribution in [0.15, 0.2) is 39.5 Å². The van der Waals surface area contributed by atoms with Crippen LogP contribution in [0.2, 0.25) is 10.0 Å². The Labute approximate surface area is 241 Å². The van der Waals surface area contributed by atoms with E-state index in [4.69, 9.17) is 32.4 Å². The second kappa shape index (κ2) is 12.1. The molecule has 8 nitrogen and oxygen atoms in total. The summed E-state index contributed by atoms with van der Waals surface area (Å²) in [5, 5.41) is 7.17. The first kappa shape index (κ1) is 29.7. The second-order valence-electron chi connectivity index (χ2n) is 10.8. The lowest BCUT2D eigenvalue weighted by Gasteiger charge is -2.36. The van der Waals surface area contributed by atoms with Crippen molar-refractivity contribution in [2.45, 2.75) is 58.6 Å². The molecule has 2 aromatic carbocycles. The summed E-state index contributed by atoms with van der Waals surface area (Å²) in [5.41, 5.74) is 0.715. The Hall–Kier alpha value is -3.30. The number of aryl methyl sites for hydroxylation is 1. The number of alkyl carbamates (subject to hydrolysis) is 1. The van der Waals surface area contributed by atoms with E-state index in [9.17, 15) is 18.8 Å². The summed E-state index contributed by atoms with van der Waals surface area (Å²) in [6, 6.07) is 7.52. The van der Waals surface area contributed by atoms with Crippen molar-refractivity contribution in [3.05, 3.63) is 73.5 Å². The molecule has 0 aliphatic carbocycles. The first-order chi connectivity index (χ1) is 18.8. The van der Waals surface area contributed by atoms with Crippen LogP contribution >= 0.6 is 23.2 Å². The predicted octanol–water partition coefficient (Wildman–Crippen LogP) is 6.25. The summed E-state index contributed by atoms with van der Waals surface area (Å²) in [6.45, 7) is 7.90. The monoisotopic (exact) mass is 591 g/mol. The van der Waals surface area contributed by atoms with Crippen molar-refractivity contribution in [3.63, 3.8) is 0 Å². The van der Waals surface area contributed by atoms with Gasteiger partial charge < -0.3 is 24.7 Å². The van der Waals surface area contributed by atoms with Crippen molar-refractivity contribution >= 4 is 51.7 Å². The maximum absolute atomic E-state index is 14.8. The van der Waals surface area contributed by atoms with E-state index in [-0.39, 0.29) is 29.6 Å². The molecular formula is C29H32Cl2FN3O5. The Morgan fingerprint density at radius 1 is 1.18 bits per heavy atom. The van der Waals surface area contributed by atoms with Gasteiger partial charge in [-0.05, 0) is 87.4 Å². The smallest absolute Gasteiger partial charge is 0.407 e. The Morgan fingerprint density at radius 2 is 1.93 bits per heavy atom. The number of anilines is 1. The predicted molar refractivity (Wildman–Crippen MR) is 154 cm³/mol.